The number of nitrogens with two attached hydrogens (primary N) is 1. The average Bonchev–Trinajstić information content (AvgIpc) is 2.75. The molecule has 0 aliphatic carbocycles. The fourth-order valence-corrected chi connectivity index (χ4v) is 3.16. The zero-order chi connectivity index (χ0) is 14.2. The molecule has 8 heteroatoms. The van der Waals surface area contributed by atoms with E-state index in [9.17, 15) is 13.2 Å². The van der Waals surface area contributed by atoms with Crippen molar-refractivity contribution in [3.63, 3.8) is 0 Å². The summed E-state index contributed by atoms with van der Waals surface area (Å²) in [6.45, 7) is 1.30. The van der Waals surface area contributed by atoms with Crippen LogP contribution in [0.3, 0.4) is 0 Å². The summed E-state index contributed by atoms with van der Waals surface area (Å²) in [5.74, 6) is -0.435. The summed E-state index contributed by atoms with van der Waals surface area (Å²) in [7, 11) is -3.68. The van der Waals surface area contributed by atoms with Gasteiger partial charge in [-0.2, -0.15) is 0 Å². The van der Waals surface area contributed by atoms with Crippen LogP contribution in [-0.2, 0) is 20.4 Å². The van der Waals surface area contributed by atoms with Crippen LogP contribution in [0.4, 0.5) is 0 Å². The van der Waals surface area contributed by atoms with Crippen LogP contribution in [0.15, 0.2) is 12.1 Å². The maximum atomic E-state index is 11.9. The lowest BCUT2D eigenvalue weighted by Crippen LogP contribution is -2.33. The third-order valence-electron chi connectivity index (χ3n) is 2.79. The number of hydrogen-bond acceptors (Lipinski definition) is 5. The highest BCUT2D eigenvalue weighted by Gasteiger charge is 2.27. The van der Waals surface area contributed by atoms with Gasteiger partial charge in [-0.15, -0.1) is 0 Å². The molecule has 2 rings (SSSR count). The first-order valence-corrected chi connectivity index (χ1v) is 7.49. The fourth-order valence-electron chi connectivity index (χ4n) is 1.64. The van der Waals surface area contributed by atoms with Crippen molar-refractivity contribution in [2.75, 3.05) is 6.79 Å². The number of rotatable bonds is 4. The van der Waals surface area contributed by atoms with Crippen molar-refractivity contribution < 1.29 is 22.7 Å². The van der Waals surface area contributed by atoms with Crippen LogP contribution in [0, 0.1) is 0 Å². The van der Waals surface area contributed by atoms with Crippen LogP contribution >= 0.6 is 11.6 Å². The van der Waals surface area contributed by atoms with Gasteiger partial charge in [0.05, 0.1) is 10.8 Å². The normalized spacial score (nSPS) is 15.3. The minimum Gasteiger partial charge on any atom is -0.454 e. The van der Waals surface area contributed by atoms with Gasteiger partial charge >= 0.3 is 0 Å². The van der Waals surface area contributed by atoms with Gasteiger partial charge in [-0.05, 0) is 24.6 Å². The number of primary amides is 1. The third kappa shape index (κ3) is 2.76. The summed E-state index contributed by atoms with van der Waals surface area (Å²) in [4.78, 5) is 11.0. The standard InChI is InChI=1S/C11H12ClNO5S/c1-6(11(13)14)19(15,16)4-7-2-8(12)10-9(3-7)17-5-18-10/h2-3,6H,4-5H2,1H3,(H2,13,14). The van der Waals surface area contributed by atoms with E-state index in [0.717, 1.165) is 0 Å². The van der Waals surface area contributed by atoms with E-state index >= 15 is 0 Å². The molecule has 0 radical (unpaired) electrons. The molecular weight excluding hydrogens is 294 g/mol. The minimum atomic E-state index is -3.68. The SMILES string of the molecule is CC(C(N)=O)S(=O)(=O)Cc1cc(Cl)c2c(c1)OCO2. The summed E-state index contributed by atoms with van der Waals surface area (Å²) in [5, 5.41) is -0.983. The van der Waals surface area contributed by atoms with E-state index in [4.69, 9.17) is 26.8 Å². The minimum absolute atomic E-state index is 0.0446. The number of carbonyl (C=O) groups excluding carboxylic acids is 1. The van der Waals surface area contributed by atoms with Crippen molar-refractivity contribution in [2.45, 2.75) is 17.9 Å². The van der Waals surface area contributed by atoms with Gasteiger partial charge in [-0.25, -0.2) is 8.42 Å². The fraction of sp³-hybridized carbons (Fsp3) is 0.364. The molecule has 104 valence electrons. The number of fused-ring (bicyclic) bond motifs is 1. The van der Waals surface area contributed by atoms with Crippen LogP contribution in [0.1, 0.15) is 12.5 Å². The zero-order valence-corrected chi connectivity index (χ0v) is 11.6. The van der Waals surface area contributed by atoms with Crippen molar-refractivity contribution in [3.8, 4) is 11.5 Å². The molecule has 1 amide bonds. The molecule has 1 aromatic carbocycles. The summed E-state index contributed by atoms with van der Waals surface area (Å²) in [5.41, 5.74) is 5.43. The van der Waals surface area contributed by atoms with Gasteiger partial charge < -0.3 is 15.2 Å². The molecule has 2 N–H and O–H groups in total. The Kier molecular flexibility index (Phi) is 3.60. The topological polar surface area (TPSA) is 95.7 Å². The molecule has 1 atom stereocenters. The Hall–Kier alpha value is -1.47. The summed E-state index contributed by atoms with van der Waals surface area (Å²) < 4.78 is 34.1. The van der Waals surface area contributed by atoms with E-state index in [0.29, 0.717) is 17.1 Å². The predicted octanol–water partition coefficient (Wildman–Crippen LogP) is 0.857. The van der Waals surface area contributed by atoms with Crippen LogP contribution in [-0.4, -0.2) is 26.4 Å². The molecule has 0 fully saturated rings. The van der Waals surface area contributed by atoms with E-state index in [-0.39, 0.29) is 17.6 Å². The second-order valence-electron chi connectivity index (χ2n) is 4.16. The van der Waals surface area contributed by atoms with E-state index in [2.05, 4.69) is 0 Å². The number of hydrogen-bond donors (Lipinski definition) is 1. The van der Waals surface area contributed by atoms with Crippen LogP contribution in [0.2, 0.25) is 5.02 Å². The molecule has 1 unspecified atom stereocenters. The van der Waals surface area contributed by atoms with Crippen molar-refractivity contribution in [2.24, 2.45) is 5.73 Å². The number of sulfone groups is 1. The Morgan fingerprint density at radius 3 is 2.79 bits per heavy atom. The summed E-state index contributed by atoms with van der Waals surface area (Å²) in [6.07, 6.45) is 0. The van der Waals surface area contributed by atoms with Gasteiger partial charge in [-0.3, -0.25) is 4.79 Å². The molecule has 0 bridgehead atoms. The van der Waals surface area contributed by atoms with E-state index < -0.39 is 21.0 Å². The lowest BCUT2D eigenvalue weighted by molar-refractivity contribution is -0.117. The Morgan fingerprint density at radius 1 is 1.47 bits per heavy atom. The average molecular weight is 306 g/mol. The van der Waals surface area contributed by atoms with Crippen molar-refractivity contribution in [1.29, 1.82) is 0 Å². The quantitative estimate of drug-likeness (QED) is 0.890. The molecule has 0 aromatic heterocycles. The molecule has 19 heavy (non-hydrogen) atoms. The Balaban J connectivity index is 2.30. The van der Waals surface area contributed by atoms with Gasteiger partial charge in [0.25, 0.3) is 0 Å². The highest BCUT2D eigenvalue weighted by Crippen LogP contribution is 2.40. The Morgan fingerprint density at radius 2 is 2.16 bits per heavy atom. The number of benzene rings is 1. The molecule has 0 spiro atoms. The monoisotopic (exact) mass is 305 g/mol. The molecular formula is C11H12ClNO5S. The lowest BCUT2D eigenvalue weighted by atomic mass is 10.2. The number of carbonyl (C=O) groups is 1. The molecule has 0 saturated carbocycles. The van der Waals surface area contributed by atoms with E-state index in [1.165, 1.54) is 19.1 Å². The highest BCUT2D eigenvalue weighted by molar-refractivity contribution is 7.92. The van der Waals surface area contributed by atoms with E-state index in [1.54, 1.807) is 0 Å². The summed E-state index contributed by atoms with van der Waals surface area (Å²) >= 11 is 5.95. The Labute approximate surface area is 115 Å². The van der Waals surface area contributed by atoms with Gasteiger partial charge in [0, 0.05) is 0 Å². The number of halogens is 1. The zero-order valence-electron chi connectivity index (χ0n) is 10.1. The first kappa shape index (κ1) is 14.0. The van der Waals surface area contributed by atoms with Crippen LogP contribution < -0.4 is 15.2 Å². The Bertz CT molecular complexity index is 628. The molecule has 0 saturated heterocycles. The van der Waals surface area contributed by atoms with Crippen molar-refractivity contribution in [1.82, 2.24) is 0 Å². The molecule has 1 aliphatic rings. The predicted molar refractivity (Wildman–Crippen MR) is 68.9 cm³/mol. The largest absolute Gasteiger partial charge is 0.454 e. The van der Waals surface area contributed by atoms with Gasteiger partial charge in [0.1, 0.15) is 5.25 Å². The second kappa shape index (κ2) is 4.90. The maximum absolute atomic E-state index is 11.9. The molecule has 1 aromatic rings. The smallest absolute Gasteiger partial charge is 0.235 e. The van der Waals surface area contributed by atoms with Gasteiger partial charge in [0.15, 0.2) is 21.3 Å². The second-order valence-corrected chi connectivity index (χ2v) is 6.89. The van der Waals surface area contributed by atoms with Crippen molar-refractivity contribution in [3.05, 3.63) is 22.7 Å². The number of amides is 1. The molecule has 1 heterocycles. The summed E-state index contributed by atoms with van der Waals surface area (Å²) in [6, 6.07) is 3.00. The van der Waals surface area contributed by atoms with Gasteiger partial charge in [0.2, 0.25) is 12.7 Å². The number of ether oxygens (including phenoxy) is 2. The first-order chi connectivity index (χ1) is 8.81. The van der Waals surface area contributed by atoms with Gasteiger partial charge in [-0.1, -0.05) is 11.6 Å². The van der Waals surface area contributed by atoms with E-state index in [1.807, 2.05) is 0 Å². The lowest BCUT2D eigenvalue weighted by Gasteiger charge is -2.10. The van der Waals surface area contributed by atoms with Crippen LogP contribution in [0.25, 0.3) is 0 Å². The molecule has 6 nitrogen and oxygen atoms in total. The van der Waals surface area contributed by atoms with Crippen molar-refractivity contribution >= 4 is 27.3 Å². The van der Waals surface area contributed by atoms with Crippen LogP contribution in [0.5, 0.6) is 11.5 Å². The highest BCUT2D eigenvalue weighted by atomic mass is 35.5. The third-order valence-corrected chi connectivity index (χ3v) is 5.12. The maximum Gasteiger partial charge on any atom is 0.235 e. The first-order valence-electron chi connectivity index (χ1n) is 5.40. The molecule has 1 aliphatic heterocycles.